The Bertz CT molecular complexity index is 559. The van der Waals surface area contributed by atoms with Crippen LogP contribution in [-0.2, 0) is 0 Å². The quantitative estimate of drug-likeness (QED) is 0.827. The molecule has 1 aliphatic carbocycles. The third-order valence-electron chi connectivity index (χ3n) is 3.43. The maximum Gasteiger partial charge on any atom is 0.252 e. The van der Waals surface area contributed by atoms with Crippen LogP contribution < -0.4 is 5.32 Å². The summed E-state index contributed by atoms with van der Waals surface area (Å²) >= 11 is 0. The number of halogens is 1. The fraction of sp³-hybridized carbons (Fsp3) is 0.438. The van der Waals surface area contributed by atoms with Crippen LogP contribution in [0.1, 0.15) is 42.1 Å². The Morgan fingerprint density at radius 2 is 2.35 bits per heavy atom. The Morgan fingerprint density at radius 1 is 1.55 bits per heavy atom. The number of carbonyl (C=O) groups is 1. The van der Waals surface area contributed by atoms with Gasteiger partial charge in [0, 0.05) is 11.6 Å². The van der Waals surface area contributed by atoms with Gasteiger partial charge in [0.1, 0.15) is 12.4 Å². The van der Waals surface area contributed by atoms with Crippen LogP contribution in [-0.4, -0.2) is 23.7 Å². The summed E-state index contributed by atoms with van der Waals surface area (Å²) in [5.41, 5.74) is 0.665. The van der Waals surface area contributed by atoms with E-state index in [9.17, 15) is 9.18 Å². The van der Waals surface area contributed by atoms with Gasteiger partial charge in [0.25, 0.3) is 5.91 Å². The third kappa shape index (κ3) is 3.58. The van der Waals surface area contributed by atoms with Gasteiger partial charge >= 0.3 is 0 Å². The SMILES string of the molecule is CCCC1CC1NC(=O)c1cc(F)ccc1C#CCO. The molecule has 0 aromatic heterocycles. The summed E-state index contributed by atoms with van der Waals surface area (Å²) in [5.74, 6) is 4.94. The molecule has 2 unspecified atom stereocenters. The minimum absolute atomic E-state index is 0.198. The fourth-order valence-corrected chi connectivity index (χ4v) is 2.31. The monoisotopic (exact) mass is 275 g/mol. The van der Waals surface area contributed by atoms with Crippen LogP contribution in [0.2, 0.25) is 0 Å². The largest absolute Gasteiger partial charge is 0.384 e. The molecule has 1 aromatic carbocycles. The first-order valence-electron chi connectivity index (χ1n) is 6.85. The molecule has 1 saturated carbocycles. The number of carbonyl (C=O) groups excluding carboxylic acids is 1. The molecule has 106 valence electrons. The lowest BCUT2D eigenvalue weighted by atomic mass is 10.1. The van der Waals surface area contributed by atoms with Gasteiger partial charge < -0.3 is 10.4 Å². The number of aliphatic hydroxyl groups excluding tert-OH is 1. The van der Waals surface area contributed by atoms with Gasteiger partial charge in [-0.15, -0.1) is 0 Å². The molecule has 1 aliphatic rings. The van der Waals surface area contributed by atoms with Crippen LogP contribution >= 0.6 is 0 Å². The maximum absolute atomic E-state index is 13.3. The maximum atomic E-state index is 13.3. The Labute approximate surface area is 118 Å². The minimum atomic E-state index is -0.467. The minimum Gasteiger partial charge on any atom is -0.384 e. The van der Waals surface area contributed by atoms with Crippen molar-refractivity contribution in [3.8, 4) is 11.8 Å². The zero-order valence-corrected chi connectivity index (χ0v) is 11.4. The normalized spacial score (nSPS) is 19.9. The molecular weight excluding hydrogens is 257 g/mol. The van der Waals surface area contributed by atoms with E-state index in [-0.39, 0.29) is 24.1 Å². The van der Waals surface area contributed by atoms with Crippen molar-refractivity contribution in [3.05, 3.63) is 35.1 Å². The van der Waals surface area contributed by atoms with Crippen molar-refractivity contribution in [1.82, 2.24) is 5.32 Å². The van der Waals surface area contributed by atoms with Crippen molar-refractivity contribution >= 4 is 5.91 Å². The summed E-state index contributed by atoms with van der Waals surface area (Å²) in [6.07, 6.45) is 3.20. The molecule has 1 amide bonds. The van der Waals surface area contributed by atoms with Gasteiger partial charge in [-0.05, 0) is 37.0 Å². The van der Waals surface area contributed by atoms with Gasteiger partial charge in [0.05, 0.1) is 5.56 Å². The second kappa shape index (κ2) is 6.53. The van der Waals surface area contributed by atoms with Gasteiger partial charge in [0.2, 0.25) is 0 Å². The van der Waals surface area contributed by atoms with Gasteiger partial charge in [-0.2, -0.15) is 0 Å². The molecule has 2 N–H and O–H groups in total. The van der Waals surface area contributed by atoms with Gasteiger partial charge in [-0.1, -0.05) is 25.2 Å². The highest BCUT2D eigenvalue weighted by Crippen LogP contribution is 2.34. The van der Waals surface area contributed by atoms with Crippen LogP contribution in [0.4, 0.5) is 4.39 Å². The topological polar surface area (TPSA) is 49.3 Å². The predicted molar refractivity (Wildman–Crippen MR) is 74.6 cm³/mol. The molecule has 0 heterocycles. The third-order valence-corrected chi connectivity index (χ3v) is 3.43. The number of amides is 1. The average Bonchev–Trinajstić information content (AvgIpc) is 3.15. The highest BCUT2D eigenvalue weighted by atomic mass is 19.1. The van der Waals surface area contributed by atoms with Gasteiger partial charge in [-0.25, -0.2) is 4.39 Å². The number of benzene rings is 1. The number of rotatable bonds is 4. The van der Waals surface area contributed by atoms with E-state index in [0.29, 0.717) is 11.5 Å². The molecule has 0 aliphatic heterocycles. The van der Waals surface area contributed by atoms with E-state index in [1.165, 1.54) is 18.2 Å². The Balaban J connectivity index is 2.10. The van der Waals surface area contributed by atoms with E-state index in [4.69, 9.17) is 5.11 Å². The summed E-state index contributed by atoms with van der Waals surface area (Å²) < 4.78 is 13.3. The zero-order chi connectivity index (χ0) is 14.5. The molecule has 20 heavy (non-hydrogen) atoms. The lowest BCUT2D eigenvalue weighted by Crippen LogP contribution is -2.27. The number of nitrogens with one attached hydrogen (secondary N) is 1. The summed E-state index contributed by atoms with van der Waals surface area (Å²) in [6.45, 7) is 1.83. The molecule has 2 atom stereocenters. The molecular formula is C16H18FNO2. The number of hydrogen-bond donors (Lipinski definition) is 2. The van der Waals surface area contributed by atoms with Crippen LogP contribution in [0.25, 0.3) is 0 Å². The van der Waals surface area contributed by atoms with Gasteiger partial charge in [0.15, 0.2) is 0 Å². The molecule has 1 aromatic rings. The molecule has 0 saturated heterocycles. The fourth-order valence-electron chi connectivity index (χ4n) is 2.31. The molecule has 0 spiro atoms. The van der Waals surface area contributed by atoms with Crippen LogP contribution in [0, 0.1) is 23.6 Å². The van der Waals surface area contributed by atoms with E-state index < -0.39 is 5.82 Å². The van der Waals surface area contributed by atoms with E-state index in [1.807, 2.05) is 0 Å². The molecule has 4 heteroatoms. The Morgan fingerprint density at radius 3 is 3.05 bits per heavy atom. The lowest BCUT2D eigenvalue weighted by molar-refractivity contribution is 0.0948. The molecule has 2 rings (SSSR count). The van der Waals surface area contributed by atoms with Gasteiger partial charge in [-0.3, -0.25) is 4.79 Å². The highest BCUT2D eigenvalue weighted by molar-refractivity contribution is 5.97. The van der Waals surface area contributed by atoms with E-state index in [2.05, 4.69) is 24.1 Å². The van der Waals surface area contributed by atoms with Crippen LogP contribution in [0.15, 0.2) is 18.2 Å². The molecule has 3 nitrogen and oxygen atoms in total. The number of hydrogen-bond acceptors (Lipinski definition) is 2. The summed E-state index contributed by atoms with van der Waals surface area (Å²) in [6, 6.07) is 4.11. The smallest absolute Gasteiger partial charge is 0.252 e. The lowest BCUT2D eigenvalue weighted by Gasteiger charge is -2.07. The van der Waals surface area contributed by atoms with Crippen molar-refractivity contribution in [3.63, 3.8) is 0 Å². The van der Waals surface area contributed by atoms with Crippen LogP contribution in [0.5, 0.6) is 0 Å². The van der Waals surface area contributed by atoms with Crippen LogP contribution in [0.3, 0.4) is 0 Å². The summed E-state index contributed by atoms with van der Waals surface area (Å²) in [7, 11) is 0. The Hall–Kier alpha value is -1.86. The standard InChI is InChI=1S/C16H18FNO2/c1-2-4-12-9-15(12)18-16(20)14-10-13(17)7-6-11(14)5-3-8-19/h6-7,10,12,15,19H,2,4,8-9H2,1H3,(H,18,20). The molecule has 0 bridgehead atoms. The highest BCUT2D eigenvalue weighted by Gasteiger charge is 2.37. The number of aliphatic hydroxyl groups is 1. The Kier molecular flexibility index (Phi) is 4.75. The van der Waals surface area contributed by atoms with Crippen molar-refractivity contribution in [2.24, 2.45) is 5.92 Å². The summed E-state index contributed by atoms with van der Waals surface area (Å²) in [4.78, 5) is 12.2. The van der Waals surface area contributed by atoms with Crippen molar-refractivity contribution in [2.45, 2.75) is 32.2 Å². The van der Waals surface area contributed by atoms with Crippen molar-refractivity contribution < 1.29 is 14.3 Å². The zero-order valence-electron chi connectivity index (χ0n) is 11.4. The van der Waals surface area contributed by atoms with E-state index in [0.717, 1.165) is 19.3 Å². The van der Waals surface area contributed by atoms with E-state index >= 15 is 0 Å². The average molecular weight is 275 g/mol. The summed E-state index contributed by atoms with van der Waals surface area (Å²) in [5, 5.41) is 11.6. The first-order valence-corrected chi connectivity index (χ1v) is 6.85. The second-order valence-corrected chi connectivity index (χ2v) is 5.01. The molecule has 0 radical (unpaired) electrons. The first-order chi connectivity index (χ1) is 9.65. The second-order valence-electron chi connectivity index (χ2n) is 5.01. The van der Waals surface area contributed by atoms with Crippen molar-refractivity contribution in [1.29, 1.82) is 0 Å². The predicted octanol–water partition coefficient (Wildman–Crippen LogP) is 2.09. The van der Waals surface area contributed by atoms with Crippen molar-refractivity contribution in [2.75, 3.05) is 6.61 Å². The van der Waals surface area contributed by atoms with E-state index in [1.54, 1.807) is 0 Å². The molecule has 1 fully saturated rings. The first kappa shape index (κ1) is 14.5.